The average molecular weight is 348 g/mol. The minimum absolute atomic E-state index is 0.0100. The SMILES string of the molecule is C=CC(=O)OCCC(=O)OC12CC3C[C@@H](CC(OC(=O)C=C)(C3)C1)C2. The van der Waals surface area contributed by atoms with Crippen LogP contribution in [0.15, 0.2) is 25.3 Å². The van der Waals surface area contributed by atoms with Crippen molar-refractivity contribution in [2.75, 3.05) is 6.61 Å². The zero-order chi connectivity index (χ0) is 18.1. The number of carbonyl (C=O) groups is 3. The molecule has 0 N–H and O–H groups in total. The molecule has 0 amide bonds. The minimum Gasteiger partial charge on any atom is -0.462 e. The van der Waals surface area contributed by atoms with E-state index >= 15 is 0 Å². The van der Waals surface area contributed by atoms with Gasteiger partial charge in [-0.2, -0.15) is 0 Å². The van der Waals surface area contributed by atoms with Crippen molar-refractivity contribution in [1.82, 2.24) is 0 Å². The van der Waals surface area contributed by atoms with Crippen LogP contribution in [0.3, 0.4) is 0 Å². The summed E-state index contributed by atoms with van der Waals surface area (Å²) in [7, 11) is 0. The topological polar surface area (TPSA) is 78.9 Å². The smallest absolute Gasteiger partial charge is 0.330 e. The van der Waals surface area contributed by atoms with Crippen molar-refractivity contribution < 1.29 is 28.6 Å². The second-order valence-electron chi connectivity index (χ2n) is 7.55. The number of esters is 3. The summed E-state index contributed by atoms with van der Waals surface area (Å²) >= 11 is 0. The summed E-state index contributed by atoms with van der Waals surface area (Å²) in [4.78, 5) is 35.0. The maximum atomic E-state index is 12.2. The number of rotatable bonds is 7. The van der Waals surface area contributed by atoms with Gasteiger partial charge in [-0.1, -0.05) is 13.2 Å². The third kappa shape index (κ3) is 3.78. The average Bonchev–Trinajstić information content (AvgIpc) is 2.52. The Morgan fingerprint density at radius 2 is 1.48 bits per heavy atom. The van der Waals surface area contributed by atoms with Crippen molar-refractivity contribution in [2.45, 2.75) is 56.1 Å². The second-order valence-corrected chi connectivity index (χ2v) is 7.55. The fraction of sp³-hybridized carbons (Fsp3) is 0.632. The van der Waals surface area contributed by atoms with Gasteiger partial charge >= 0.3 is 17.9 Å². The van der Waals surface area contributed by atoms with Crippen molar-refractivity contribution in [3.63, 3.8) is 0 Å². The monoisotopic (exact) mass is 348 g/mol. The first-order chi connectivity index (χ1) is 11.9. The molecule has 25 heavy (non-hydrogen) atoms. The van der Waals surface area contributed by atoms with Crippen molar-refractivity contribution in [3.8, 4) is 0 Å². The highest BCUT2D eigenvalue weighted by atomic mass is 16.6. The van der Waals surface area contributed by atoms with Gasteiger partial charge < -0.3 is 14.2 Å². The van der Waals surface area contributed by atoms with E-state index in [1.165, 1.54) is 6.08 Å². The van der Waals surface area contributed by atoms with Crippen molar-refractivity contribution in [2.24, 2.45) is 11.8 Å². The fourth-order valence-corrected chi connectivity index (χ4v) is 5.18. The molecule has 3 unspecified atom stereocenters. The van der Waals surface area contributed by atoms with Crippen LogP contribution in [-0.4, -0.2) is 35.7 Å². The van der Waals surface area contributed by atoms with E-state index in [1.54, 1.807) is 0 Å². The van der Waals surface area contributed by atoms with E-state index in [1.807, 2.05) is 0 Å². The first kappa shape index (κ1) is 17.7. The van der Waals surface area contributed by atoms with Gasteiger partial charge in [0.05, 0.1) is 6.42 Å². The summed E-state index contributed by atoms with van der Waals surface area (Å²) in [5.74, 6) is -0.544. The molecule has 0 aromatic rings. The van der Waals surface area contributed by atoms with Crippen LogP contribution < -0.4 is 0 Å². The molecule has 4 fully saturated rings. The van der Waals surface area contributed by atoms with Gasteiger partial charge in [0.1, 0.15) is 17.8 Å². The highest BCUT2D eigenvalue weighted by Crippen LogP contribution is 2.60. The number of carbonyl (C=O) groups excluding carboxylic acids is 3. The number of ether oxygens (including phenoxy) is 3. The highest BCUT2D eigenvalue weighted by molar-refractivity contribution is 5.82. The summed E-state index contributed by atoms with van der Waals surface area (Å²) in [6, 6.07) is 0. The molecular weight excluding hydrogens is 324 g/mol. The summed E-state index contributed by atoms with van der Waals surface area (Å²) in [5, 5.41) is 0. The molecule has 6 heteroatoms. The van der Waals surface area contributed by atoms with E-state index in [9.17, 15) is 14.4 Å². The van der Waals surface area contributed by atoms with Gasteiger partial charge in [0.2, 0.25) is 0 Å². The van der Waals surface area contributed by atoms with Gasteiger partial charge in [-0.05, 0) is 43.9 Å². The predicted octanol–water partition coefficient (Wildman–Crippen LogP) is 2.47. The van der Waals surface area contributed by atoms with Crippen LogP contribution in [-0.2, 0) is 28.6 Å². The first-order valence-corrected chi connectivity index (χ1v) is 8.74. The van der Waals surface area contributed by atoms with Crippen LogP contribution in [0, 0.1) is 11.8 Å². The molecule has 0 aromatic heterocycles. The van der Waals surface area contributed by atoms with Crippen LogP contribution in [0.4, 0.5) is 0 Å². The number of hydrogen-bond donors (Lipinski definition) is 0. The molecule has 0 aliphatic heterocycles. The molecule has 6 nitrogen and oxygen atoms in total. The van der Waals surface area contributed by atoms with Crippen LogP contribution in [0.25, 0.3) is 0 Å². The van der Waals surface area contributed by atoms with E-state index in [0.717, 1.165) is 38.2 Å². The van der Waals surface area contributed by atoms with Crippen LogP contribution in [0.1, 0.15) is 44.9 Å². The number of hydrogen-bond acceptors (Lipinski definition) is 6. The van der Waals surface area contributed by atoms with Gasteiger partial charge in [-0.3, -0.25) is 4.79 Å². The lowest BCUT2D eigenvalue weighted by Gasteiger charge is -2.60. The summed E-state index contributed by atoms with van der Waals surface area (Å²) in [6.07, 6.45) is 7.20. The molecule has 0 aromatic carbocycles. The van der Waals surface area contributed by atoms with Crippen LogP contribution >= 0.6 is 0 Å². The summed E-state index contributed by atoms with van der Waals surface area (Å²) in [6.45, 7) is 6.75. The van der Waals surface area contributed by atoms with Gasteiger partial charge in [0, 0.05) is 18.6 Å². The fourth-order valence-electron chi connectivity index (χ4n) is 5.18. The normalized spacial score (nSPS) is 34.9. The van der Waals surface area contributed by atoms with Gasteiger partial charge in [0.25, 0.3) is 0 Å². The Bertz CT molecular complexity index is 593. The first-order valence-electron chi connectivity index (χ1n) is 8.74. The minimum atomic E-state index is -0.564. The maximum Gasteiger partial charge on any atom is 0.330 e. The van der Waals surface area contributed by atoms with Gasteiger partial charge in [0.15, 0.2) is 0 Å². The molecule has 4 aliphatic carbocycles. The van der Waals surface area contributed by atoms with Crippen molar-refractivity contribution in [1.29, 1.82) is 0 Å². The van der Waals surface area contributed by atoms with E-state index in [2.05, 4.69) is 13.2 Å². The molecule has 4 rings (SSSR count). The highest BCUT2D eigenvalue weighted by Gasteiger charge is 2.61. The summed E-state index contributed by atoms with van der Waals surface area (Å²) in [5.41, 5.74) is -1.10. The molecule has 0 heterocycles. The Labute approximate surface area is 147 Å². The third-order valence-corrected chi connectivity index (χ3v) is 5.49. The van der Waals surface area contributed by atoms with E-state index < -0.39 is 23.1 Å². The standard InChI is InChI=1S/C19H24O6/c1-3-15(20)23-6-5-17(22)25-19-10-13-7-14(11-19)9-18(8-13,12-19)24-16(21)4-2/h3-4,13-14H,1-2,5-12H2/t13-,14?,18?,19?/m0/s1. The third-order valence-electron chi connectivity index (χ3n) is 5.49. The van der Waals surface area contributed by atoms with Crippen LogP contribution in [0.5, 0.6) is 0 Å². The zero-order valence-corrected chi connectivity index (χ0v) is 14.3. The van der Waals surface area contributed by atoms with Crippen molar-refractivity contribution in [3.05, 3.63) is 25.3 Å². The predicted molar refractivity (Wildman–Crippen MR) is 88.3 cm³/mol. The molecule has 4 bridgehead atoms. The molecule has 0 spiro atoms. The second kappa shape index (κ2) is 6.65. The van der Waals surface area contributed by atoms with Gasteiger partial charge in [-0.15, -0.1) is 0 Å². The lowest BCUT2D eigenvalue weighted by atomic mass is 9.52. The Kier molecular flexibility index (Phi) is 4.71. The van der Waals surface area contributed by atoms with E-state index in [0.29, 0.717) is 18.3 Å². The van der Waals surface area contributed by atoms with Crippen LogP contribution in [0.2, 0.25) is 0 Å². The summed E-state index contributed by atoms with van der Waals surface area (Å²) < 4.78 is 16.4. The molecule has 4 saturated carbocycles. The molecule has 4 aliphatic rings. The Hall–Kier alpha value is -2.11. The Morgan fingerprint density at radius 1 is 0.920 bits per heavy atom. The maximum absolute atomic E-state index is 12.2. The van der Waals surface area contributed by atoms with Gasteiger partial charge in [-0.25, -0.2) is 9.59 Å². The zero-order valence-electron chi connectivity index (χ0n) is 14.3. The van der Waals surface area contributed by atoms with Crippen molar-refractivity contribution >= 4 is 17.9 Å². The molecule has 0 radical (unpaired) electrons. The largest absolute Gasteiger partial charge is 0.462 e. The molecule has 0 saturated heterocycles. The lowest BCUT2D eigenvalue weighted by Crippen LogP contribution is -2.61. The van der Waals surface area contributed by atoms with E-state index in [-0.39, 0.29) is 19.0 Å². The molecule has 136 valence electrons. The Morgan fingerprint density at radius 3 is 2.04 bits per heavy atom. The Balaban J connectivity index is 1.63. The van der Waals surface area contributed by atoms with E-state index in [4.69, 9.17) is 14.2 Å². The molecular formula is C19H24O6. The molecule has 4 atom stereocenters. The lowest BCUT2D eigenvalue weighted by molar-refractivity contribution is -0.229. The quantitative estimate of drug-likeness (QED) is 0.399.